The highest BCUT2D eigenvalue weighted by molar-refractivity contribution is 5.76. The van der Waals surface area contributed by atoms with E-state index in [0.29, 0.717) is 12.8 Å². The van der Waals surface area contributed by atoms with E-state index in [1.807, 2.05) is 0 Å². The SMILES string of the molecule is CC/C=C\C/C=C\C/C=C\C/C=C\C/C=C\C/C=C\C/C=C\CCCCCCCCCCCCCC(=O)NC(CO)C(O)CCCCCCCCCCCC. The van der Waals surface area contributed by atoms with E-state index < -0.39 is 12.1 Å². The molecule has 1 amide bonds. The molecule has 0 aliphatic rings. The van der Waals surface area contributed by atoms with Gasteiger partial charge in [-0.25, -0.2) is 0 Å². The maximum absolute atomic E-state index is 12.4. The maximum atomic E-state index is 12.4. The van der Waals surface area contributed by atoms with Gasteiger partial charge in [-0.2, -0.15) is 0 Å². The number of unbranched alkanes of at least 4 members (excludes halogenated alkanes) is 20. The van der Waals surface area contributed by atoms with Crippen molar-refractivity contribution in [3.8, 4) is 0 Å². The van der Waals surface area contributed by atoms with Gasteiger partial charge in [0.2, 0.25) is 5.91 Å². The zero-order chi connectivity index (χ0) is 40.0. The van der Waals surface area contributed by atoms with Crippen LogP contribution in [0.1, 0.15) is 213 Å². The molecule has 0 radical (unpaired) electrons. The predicted octanol–water partition coefficient (Wildman–Crippen LogP) is 14.9. The van der Waals surface area contributed by atoms with E-state index in [1.54, 1.807) is 0 Å². The van der Waals surface area contributed by atoms with Crippen LogP contribution in [0, 0.1) is 0 Å². The minimum Gasteiger partial charge on any atom is -0.394 e. The van der Waals surface area contributed by atoms with Crippen LogP contribution in [0.25, 0.3) is 0 Å². The average Bonchev–Trinajstić information content (AvgIpc) is 3.19. The second-order valence-electron chi connectivity index (χ2n) is 15.4. The zero-order valence-electron chi connectivity index (χ0n) is 36.2. The molecule has 0 aromatic carbocycles. The summed E-state index contributed by atoms with van der Waals surface area (Å²) >= 11 is 0. The Bertz CT molecular complexity index is 1000. The summed E-state index contributed by atoms with van der Waals surface area (Å²) in [5.74, 6) is -0.0402. The molecular weight excluding hydrogens is 675 g/mol. The Morgan fingerprint density at radius 3 is 1.20 bits per heavy atom. The molecule has 0 heterocycles. The first-order valence-corrected chi connectivity index (χ1v) is 23.3. The highest BCUT2D eigenvalue weighted by Gasteiger charge is 2.20. The van der Waals surface area contributed by atoms with Crippen molar-refractivity contribution in [3.63, 3.8) is 0 Å². The summed E-state index contributed by atoms with van der Waals surface area (Å²) in [6.07, 6.45) is 66.7. The number of allylic oxidation sites excluding steroid dienone is 14. The fourth-order valence-electron chi connectivity index (χ4n) is 6.63. The number of carbonyl (C=O) groups excluding carboxylic acids is 1. The Morgan fingerprint density at radius 1 is 0.455 bits per heavy atom. The van der Waals surface area contributed by atoms with E-state index in [2.05, 4.69) is 104 Å². The minimum atomic E-state index is -0.663. The van der Waals surface area contributed by atoms with E-state index in [1.165, 1.54) is 116 Å². The molecule has 0 aromatic heterocycles. The smallest absolute Gasteiger partial charge is 0.220 e. The van der Waals surface area contributed by atoms with Gasteiger partial charge in [-0.15, -0.1) is 0 Å². The number of amides is 1. The van der Waals surface area contributed by atoms with Crippen LogP contribution in [0.5, 0.6) is 0 Å². The molecule has 0 saturated heterocycles. The molecule has 0 aromatic rings. The van der Waals surface area contributed by atoms with Gasteiger partial charge >= 0.3 is 0 Å². The van der Waals surface area contributed by atoms with Crippen LogP contribution in [0.15, 0.2) is 85.1 Å². The largest absolute Gasteiger partial charge is 0.394 e. The molecule has 0 rings (SSSR count). The summed E-state index contributed by atoms with van der Waals surface area (Å²) in [7, 11) is 0. The van der Waals surface area contributed by atoms with Crippen molar-refractivity contribution in [1.29, 1.82) is 0 Å². The lowest BCUT2D eigenvalue weighted by atomic mass is 10.0. The Balaban J connectivity index is 3.54. The van der Waals surface area contributed by atoms with Gasteiger partial charge in [-0.3, -0.25) is 4.79 Å². The van der Waals surface area contributed by atoms with Crippen molar-refractivity contribution in [2.75, 3.05) is 6.61 Å². The van der Waals surface area contributed by atoms with E-state index in [9.17, 15) is 15.0 Å². The van der Waals surface area contributed by atoms with Crippen molar-refractivity contribution in [1.82, 2.24) is 5.32 Å². The molecule has 3 N–H and O–H groups in total. The number of aliphatic hydroxyl groups excluding tert-OH is 2. The van der Waals surface area contributed by atoms with E-state index >= 15 is 0 Å². The fraction of sp³-hybridized carbons (Fsp3) is 0.706. The molecule has 0 aliphatic heterocycles. The summed E-state index contributed by atoms with van der Waals surface area (Å²) in [5.41, 5.74) is 0. The number of hydrogen-bond donors (Lipinski definition) is 3. The predicted molar refractivity (Wildman–Crippen MR) is 243 cm³/mol. The number of aliphatic hydroxyl groups is 2. The molecule has 0 spiro atoms. The first-order valence-electron chi connectivity index (χ1n) is 23.3. The van der Waals surface area contributed by atoms with Gasteiger partial charge < -0.3 is 15.5 Å². The second-order valence-corrected chi connectivity index (χ2v) is 15.4. The molecule has 0 saturated carbocycles. The maximum Gasteiger partial charge on any atom is 0.220 e. The Labute approximate surface area is 341 Å². The average molecular weight is 764 g/mol. The molecule has 0 aliphatic carbocycles. The van der Waals surface area contributed by atoms with Crippen LogP contribution in [0.4, 0.5) is 0 Å². The Morgan fingerprint density at radius 2 is 0.800 bits per heavy atom. The topological polar surface area (TPSA) is 69.6 Å². The number of hydrogen-bond acceptors (Lipinski definition) is 3. The molecule has 316 valence electrons. The Kier molecular flexibility index (Phi) is 43.9. The summed E-state index contributed by atoms with van der Waals surface area (Å²) in [5, 5.41) is 23.1. The monoisotopic (exact) mass is 764 g/mol. The highest BCUT2D eigenvalue weighted by Crippen LogP contribution is 2.15. The molecular formula is C51H89NO3. The standard InChI is InChI=1S/C51H89NO3/c1-3-5-7-9-11-13-15-16-17-18-19-20-21-22-23-24-25-26-27-28-29-30-31-32-33-34-35-36-37-39-41-43-45-47-51(55)52-49(48-53)50(54)46-44-42-40-38-14-12-10-8-6-4-2/h5,7,11,13,16-17,19-20,22-23,25-26,28-29,49-50,53-54H,3-4,6,8-10,12,14-15,18,21,24,27,30-48H2,1-2H3,(H,52,55)/b7-5-,13-11-,17-16-,20-19-,23-22-,26-25-,29-28-. The number of nitrogens with one attached hydrogen (secondary N) is 1. The van der Waals surface area contributed by atoms with Crippen LogP contribution in [0.2, 0.25) is 0 Å². The highest BCUT2D eigenvalue weighted by atomic mass is 16.3. The molecule has 0 bridgehead atoms. The van der Waals surface area contributed by atoms with Crippen molar-refractivity contribution in [2.45, 2.75) is 225 Å². The first-order chi connectivity index (χ1) is 27.2. The third-order valence-corrected chi connectivity index (χ3v) is 10.2. The van der Waals surface area contributed by atoms with E-state index in [4.69, 9.17) is 0 Å². The molecule has 2 unspecified atom stereocenters. The van der Waals surface area contributed by atoms with Gasteiger partial charge in [-0.05, 0) is 70.6 Å². The summed E-state index contributed by atoms with van der Waals surface area (Å²) in [6.45, 7) is 4.22. The van der Waals surface area contributed by atoms with Crippen LogP contribution < -0.4 is 5.32 Å². The van der Waals surface area contributed by atoms with Gasteiger partial charge in [0.25, 0.3) is 0 Å². The normalized spacial score (nSPS) is 13.7. The van der Waals surface area contributed by atoms with Gasteiger partial charge in [-0.1, -0.05) is 221 Å². The van der Waals surface area contributed by atoms with Gasteiger partial charge in [0.1, 0.15) is 0 Å². The van der Waals surface area contributed by atoms with Crippen LogP contribution in [-0.2, 0) is 4.79 Å². The third-order valence-electron chi connectivity index (χ3n) is 10.2. The van der Waals surface area contributed by atoms with E-state index in [0.717, 1.165) is 70.6 Å². The molecule has 4 nitrogen and oxygen atoms in total. The van der Waals surface area contributed by atoms with Crippen molar-refractivity contribution >= 4 is 5.91 Å². The lowest BCUT2D eigenvalue weighted by Gasteiger charge is -2.22. The second kappa shape index (κ2) is 46.0. The van der Waals surface area contributed by atoms with Crippen molar-refractivity contribution in [3.05, 3.63) is 85.1 Å². The Hall–Kier alpha value is -2.43. The summed E-state index contributed by atoms with van der Waals surface area (Å²) in [6, 6.07) is -0.540. The lowest BCUT2D eigenvalue weighted by molar-refractivity contribution is -0.123. The van der Waals surface area contributed by atoms with Crippen molar-refractivity contribution < 1.29 is 15.0 Å². The van der Waals surface area contributed by atoms with E-state index in [-0.39, 0.29) is 12.5 Å². The van der Waals surface area contributed by atoms with Gasteiger partial charge in [0.05, 0.1) is 18.8 Å². The van der Waals surface area contributed by atoms with Gasteiger partial charge in [0.15, 0.2) is 0 Å². The summed E-state index contributed by atoms with van der Waals surface area (Å²) in [4.78, 5) is 12.4. The van der Waals surface area contributed by atoms with Gasteiger partial charge in [0, 0.05) is 6.42 Å². The molecule has 2 atom stereocenters. The quantitative estimate of drug-likeness (QED) is 0.0429. The first kappa shape index (κ1) is 52.6. The number of carbonyl (C=O) groups is 1. The molecule has 4 heteroatoms. The zero-order valence-corrected chi connectivity index (χ0v) is 36.2. The molecule has 0 fully saturated rings. The molecule has 55 heavy (non-hydrogen) atoms. The summed E-state index contributed by atoms with van der Waals surface area (Å²) < 4.78 is 0. The van der Waals surface area contributed by atoms with Crippen molar-refractivity contribution in [2.24, 2.45) is 0 Å². The fourth-order valence-corrected chi connectivity index (χ4v) is 6.63. The lowest BCUT2D eigenvalue weighted by Crippen LogP contribution is -2.45. The number of rotatable bonds is 41. The van der Waals surface area contributed by atoms with Crippen LogP contribution in [-0.4, -0.2) is 34.9 Å². The van der Waals surface area contributed by atoms with Crippen LogP contribution in [0.3, 0.4) is 0 Å². The third kappa shape index (κ3) is 42.6. The van der Waals surface area contributed by atoms with Crippen LogP contribution >= 0.6 is 0 Å². The minimum absolute atomic E-state index is 0.0402.